The van der Waals surface area contributed by atoms with Crippen LogP contribution >= 0.6 is 23.4 Å². The molecule has 6 heteroatoms. The molecule has 0 fully saturated rings. The molecule has 27 heavy (non-hydrogen) atoms. The van der Waals surface area contributed by atoms with Crippen molar-refractivity contribution >= 4 is 35.0 Å². The third-order valence-electron chi connectivity index (χ3n) is 3.97. The number of amides is 1. The minimum absolute atomic E-state index is 0.0770. The predicted molar refractivity (Wildman–Crippen MR) is 112 cm³/mol. The first kappa shape index (κ1) is 19.4. The van der Waals surface area contributed by atoms with E-state index in [2.05, 4.69) is 15.3 Å². The highest BCUT2D eigenvalue weighted by Gasteiger charge is 2.10. The van der Waals surface area contributed by atoms with E-state index < -0.39 is 0 Å². The Hall–Kier alpha value is -2.37. The van der Waals surface area contributed by atoms with Crippen LogP contribution in [0.3, 0.4) is 0 Å². The van der Waals surface area contributed by atoms with Gasteiger partial charge < -0.3 is 5.32 Å². The summed E-state index contributed by atoms with van der Waals surface area (Å²) < 4.78 is 0. The molecule has 0 spiro atoms. The van der Waals surface area contributed by atoms with Crippen molar-refractivity contribution in [2.24, 2.45) is 0 Å². The Morgan fingerprint density at radius 2 is 1.78 bits per heavy atom. The lowest BCUT2D eigenvalue weighted by Crippen LogP contribution is -2.15. The smallest absolute Gasteiger partial charge is 0.234 e. The monoisotopic (exact) mass is 397 g/mol. The number of thioether (sulfide) groups is 1. The Morgan fingerprint density at radius 1 is 1.04 bits per heavy atom. The van der Waals surface area contributed by atoms with Gasteiger partial charge in [0, 0.05) is 22.0 Å². The summed E-state index contributed by atoms with van der Waals surface area (Å²) in [5, 5.41) is 4.22. The van der Waals surface area contributed by atoms with E-state index >= 15 is 0 Å². The Bertz CT molecular complexity index is 974. The molecule has 2 aromatic carbocycles. The lowest BCUT2D eigenvalue weighted by Gasteiger charge is -2.09. The highest BCUT2D eigenvalue weighted by Crippen LogP contribution is 2.24. The Morgan fingerprint density at radius 3 is 2.52 bits per heavy atom. The van der Waals surface area contributed by atoms with Gasteiger partial charge in [0.1, 0.15) is 0 Å². The molecular formula is C21H20ClN3OS. The van der Waals surface area contributed by atoms with E-state index in [0.717, 1.165) is 33.8 Å². The topological polar surface area (TPSA) is 54.9 Å². The first-order chi connectivity index (χ1) is 12.9. The van der Waals surface area contributed by atoms with E-state index in [9.17, 15) is 4.79 Å². The number of aryl methyl sites for hydroxylation is 3. The van der Waals surface area contributed by atoms with Crippen LogP contribution in [-0.2, 0) is 4.79 Å². The van der Waals surface area contributed by atoms with Gasteiger partial charge in [-0.25, -0.2) is 9.97 Å². The molecular weight excluding hydrogens is 378 g/mol. The van der Waals surface area contributed by atoms with Gasteiger partial charge in [-0.2, -0.15) is 0 Å². The van der Waals surface area contributed by atoms with Gasteiger partial charge in [-0.05, 0) is 56.2 Å². The molecule has 3 aromatic rings. The first-order valence-electron chi connectivity index (χ1n) is 8.52. The Labute approximate surface area is 168 Å². The van der Waals surface area contributed by atoms with Crippen LogP contribution < -0.4 is 5.32 Å². The van der Waals surface area contributed by atoms with E-state index in [-0.39, 0.29) is 11.7 Å². The van der Waals surface area contributed by atoms with Crippen LogP contribution in [-0.4, -0.2) is 21.6 Å². The molecule has 3 rings (SSSR count). The fourth-order valence-corrected chi connectivity index (χ4v) is 3.39. The van der Waals surface area contributed by atoms with Crippen molar-refractivity contribution in [1.82, 2.24) is 9.97 Å². The molecule has 0 bridgehead atoms. The number of nitrogens with zero attached hydrogens (tertiary/aromatic N) is 2. The minimum atomic E-state index is -0.0770. The summed E-state index contributed by atoms with van der Waals surface area (Å²) in [6, 6.07) is 15.4. The van der Waals surface area contributed by atoms with Crippen molar-refractivity contribution in [3.05, 3.63) is 70.4 Å². The lowest BCUT2D eigenvalue weighted by atomic mass is 10.1. The highest BCUT2D eigenvalue weighted by atomic mass is 35.5. The maximum atomic E-state index is 12.3. The van der Waals surface area contributed by atoms with Gasteiger partial charge in [0.2, 0.25) is 5.91 Å². The second kappa shape index (κ2) is 8.55. The standard InChI is InChI=1S/C21H20ClN3OS/c1-13-4-5-14(2)18(10-13)24-20(26)12-27-21-23-15(3)11-19(25-21)16-6-8-17(22)9-7-16/h4-11H,12H2,1-3H3,(H,24,26). The van der Waals surface area contributed by atoms with E-state index in [4.69, 9.17) is 11.6 Å². The SMILES string of the molecule is Cc1ccc(C)c(NC(=O)CSc2nc(C)cc(-c3ccc(Cl)cc3)n2)c1. The highest BCUT2D eigenvalue weighted by molar-refractivity contribution is 7.99. The Kier molecular flexibility index (Phi) is 6.14. The zero-order valence-electron chi connectivity index (χ0n) is 15.4. The van der Waals surface area contributed by atoms with Crippen LogP contribution in [0.1, 0.15) is 16.8 Å². The van der Waals surface area contributed by atoms with Crippen LogP contribution in [0.4, 0.5) is 5.69 Å². The fourth-order valence-electron chi connectivity index (χ4n) is 2.56. The largest absolute Gasteiger partial charge is 0.325 e. The number of carbonyl (C=O) groups is 1. The predicted octanol–water partition coefficient (Wildman–Crippen LogP) is 5.45. The summed E-state index contributed by atoms with van der Waals surface area (Å²) in [5.41, 5.74) is 5.62. The third-order valence-corrected chi connectivity index (χ3v) is 5.07. The molecule has 1 aromatic heterocycles. The summed E-state index contributed by atoms with van der Waals surface area (Å²) in [5.74, 6) is 0.170. The fraction of sp³-hybridized carbons (Fsp3) is 0.190. The maximum Gasteiger partial charge on any atom is 0.234 e. The molecule has 0 radical (unpaired) electrons. The molecule has 1 heterocycles. The van der Waals surface area contributed by atoms with Crippen molar-refractivity contribution in [3.8, 4) is 11.3 Å². The summed E-state index contributed by atoms with van der Waals surface area (Å²) >= 11 is 7.28. The van der Waals surface area contributed by atoms with E-state index in [0.29, 0.717) is 10.2 Å². The van der Waals surface area contributed by atoms with Crippen LogP contribution in [0.5, 0.6) is 0 Å². The summed E-state index contributed by atoms with van der Waals surface area (Å²) in [6.07, 6.45) is 0. The third kappa shape index (κ3) is 5.31. The molecule has 0 atom stereocenters. The van der Waals surface area contributed by atoms with Crippen molar-refractivity contribution in [3.63, 3.8) is 0 Å². The van der Waals surface area contributed by atoms with Gasteiger partial charge in [-0.3, -0.25) is 4.79 Å². The average Bonchev–Trinajstić information content (AvgIpc) is 2.63. The Balaban J connectivity index is 1.69. The molecule has 0 aliphatic carbocycles. The van der Waals surface area contributed by atoms with Gasteiger partial charge in [-0.1, -0.05) is 47.6 Å². The number of rotatable bonds is 5. The van der Waals surface area contributed by atoms with Gasteiger partial charge >= 0.3 is 0 Å². The van der Waals surface area contributed by atoms with Crippen molar-refractivity contribution in [1.29, 1.82) is 0 Å². The molecule has 0 unspecified atom stereocenters. The maximum absolute atomic E-state index is 12.3. The number of carbonyl (C=O) groups excluding carboxylic acids is 1. The number of hydrogen-bond donors (Lipinski definition) is 1. The minimum Gasteiger partial charge on any atom is -0.325 e. The van der Waals surface area contributed by atoms with Crippen LogP contribution in [0.15, 0.2) is 53.7 Å². The molecule has 1 amide bonds. The van der Waals surface area contributed by atoms with E-state index in [1.807, 2.05) is 69.3 Å². The zero-order valence-corrected chi connectivity index (χ0v) is 17.0. The van der Waals surface area contributed by atoms with Crippen molar-refractivity contribution < 1.29 is 4.79 Å². The number of anilines is 1. The number of halogens is 1. The summed E-state index contributed by atoms with van der Waals surface area (Å²) in [4.78, 5) is 21.3. The van der Waals surface area contributed by atoms with E-state index in [1.54, 1.807) is 0 Å². The number of aromatic nitrogens is 2. The van der Waals surface area contributed by atoms with Crippen LogP contribution in [0.25, 0.3) is 11.3 Å². The van der Waals surface area contributed by atoms with Crippen molar-refractivity contribution in [2.75, 3.05) is 11.1 Å². The second-order valence-corrected chi connectivity index (χ2v) is 7.72. The quantitative estimate of drug-likeness (QED) is 0.459. The number of hydrogen-bond acceptors (Lipinski definition) is 4. The van der Waals surface area contributed by atoms with Gasteiger partial charge in [0.25, 0.3) is 0 Å². The average molecular weight is 398 g/mol. The van der Waals surface area contributed by atoms with Crippen molar-refractivity contribution in [2.45, 2.75) is 25.9 Å². The number of benzene rings is 2. The van der Waals surface area contributed by atoms with Crippen LogP contribution in [0.2, 0.25) is 5.02 Å². The molecule has 0 aliphatic rings. The molecule has 0 saturated carbocycles. The molecule has 138 valence electrons. The van der Waals surface area contributed by atoms with Gasteiger partial charge in [-0.15, -0.1) is 0 Å². The number of nitrogens with one attached hydrogen (secondary N) is 1. The molecule has 1 N–H and O–H groups in total. The zero-order chi connectivity index (χ0) is 19.4. The van der Waals surface area contributed by atoms with E-state index in [1.165, 1.54) is 11.8 Å². The normalized spacial score (nSPS) is 10.7. The molecule has 0 aliphatic heterocycles. The molecule has 4 nitrogen and oxygen atoms in total. The van der Waals surface area contributed by atoms with Crippen LogP contribution in [0, 0.1) is 20.8 Å². The lowest BCUT2D eigenvalue weighted by molar-refractivity contribution is -0.113. The van der Waals surface area contributed by atoms with Gasteiger partial charge in [0.05, 0.1) is 11.4 Å². The first-order valence-corrected chi connectivity index (χ1v) is 9.88. The summed E-state index contributed by atoms with van der Waals surface area (Å²) in [7, 11) is 0. The summed E-state index contributed by atoms with van der Waals surface area (Å²) in [6.45, 7) is 5.90. The second-order valence-electron chi connectivity index (χ2n) is 6.34. The van der Waals surface area contributed by atoms with Gasteiger partial charge in [0.15, 0.2) is 5.16 Å². The molecule has 0 saturated heterocycles.